The summed E-state index contributed by atoms with van der Waals surface area (Å²) in [6.07, 6.45) is 1.55. The standard InChI is InChI=1S/C12H12FN3O/c1-2-7-16-12(11(8-17)14-15-16)9-3-5-10(13)6-4-9/h3-6,8H,2,7H2,1H3. The summed E-state index contributed by atoms with van der Waals surface area (Å²) in [5.74, 6) is -0.309. The van der Waals surface area contributed by atoms with E-state index in [9.17, 15) is 9.18 Å². The molecule has 2 aromatic rings. The molecule has 0 amide bonds. The Bertz CT molecular complexity index is 519. The molecule has 0 saturated carbocycles. The first-order valence-electron chi connectivity index (χ1n) is 5.41. The maximum atomic E-state index is 12.9. The van der Waals surface area contributed by atoms with Gasteiger partial charge in [0.1, 0.15) is 5.82 Å². The van der Waals surface area contributed by atoms with E-state index in [0.29, 0.717) is 18.5 Å². The molecule has 0 aliphatic rings. The molecule has 1 aromatic heterocycles. The van der Waals surface area contributed by atoms with Gasteiger partial charge in [-0.1, -0.05) is 12.1 Å². The van der Waals surface area contributed by atoms with Crippen molar-refractivity contribution in [2.24, 2.45) is 0 Å². The highest BCUT2D eigenvalue weighted by Gasteiger charge is 2.13. The summed E-state index contributed by atoms with van der Waals surface area (Å²) in [6.45, 7) is 2.68. The Hall–Kier alpha value is -2.04. The number of hydrogen-bond acceptors (Lipinski definition) is 3. The summed E-state index contributed by atoms with van der Waals surface area (Å²) >= 11 is 0. The number of nitrogens with zero attached hydrogens (tertiary/aromatic N) is 3. The number of carbonyl (C=O) groups excluding carboxylic acids is 1. The first kappa shape index (κ1) is 11.4. The summed E-state index contributed by atoms with van der Waals surface area (Å²) in [7, 11) is 0. The lowest BCUT2D eigenvalue weighted by atomic mass is 10.1. The maximum Gasteiger partial charge on any atom is 0.172 e. The molecule has 0 aliphatic heterocycles. The molecular weight excluding hydrogens is 221 g/mol. The molecule has 5 heteroatoms. The average molecular weight is 233 g/mol. The molecule has 2 rings (SSSR count). The molecule has 0 unspecified atom stereocenters. The molecule has 0 atom stereocenters. The van der Waals surface area contributed by atoms with Crippen molar-refractivity contribution in [2.45, 2.75) is 19.9 Å². The lowest BCUT2D eigenvalue weighted by molar-refractivity contribution is 0.111. The van der Waals surface area contributed by atoms with Crippen LogP contribution in [0.2, 0.25) is 0 Å². The van der Waals surface area contributed by atoms with Gasteiger partial charge in [0.15, 0.2) is 12.0 Å². The van der Waals surface area contributed by atoms with E-state index >= 15 is 0 Å². The van der Waals surface area contributed by atoms with Gasteiger partial charge in [0, 0.05) is 12.1 Å². The molecule has 0 aliphatic carbocycles. The fourth-order valence-corrected chi connectivity index (χ4v) is 1.68. The Balaban J connectivity index is 2.51. The van der Waals surface area contributed by atoms with Crippen LogP contribution >= 0.6 is 0 Å². The molecule has 0 spiro atoms. The zero-order valence-electron chi connectivity index (χ0n) is 9.43. The number of aldehydes is 1. The van der Waals surface area contributed by atoms with Crippen LogP contribution in [0.4, 0.5) is 4.39 Å². The topological polar surface area (TPSA) is 47.8 Å². The molecule has 88 valence electrons. The second kappa shape index (κ2) is 4.86. The van der Waals surface area contributed by atoms with Crippen LogP contribution in [0, 0.1) is 5.82 Å². The van der Waals surface area contributed by atoms with Crippen molar-refractivity contribution in [3.05, 3.63) is 35.8 Å². The zero-order chi connectivity index (χ0) is 12.3. The second-order valence-corrected chi connectivity index (χ2v) is 3.67. The van der Waals surface area contributed by atoms with Crippen LogP contribution < -0.4 is 0 Å². The average Bonchev–Trinajstić information content (AvgIpc) is 2.74. The quantitative estimate of drug-likeness (QED) is 0.761. The third kappa shape index (κ3) is 2.22. The van der Waals surface area contributed by atoms with E-state index in [4.69, 9.17) is 0 Å². The van der Waals surface area contributed by atoms with E-state index in [1.165, 1.54) is 12.1 Å². The van der Waals surface area contributed by atoms with Gasteiger partial charge in [0.25, 0.3) is 0 Å². The lowest BCUT2D eigenvalue weighted by Crippen LogP contribution is -2.02. The highest BCUT2D eigenvalue weighted by Crippen LogP contribution is 2.21. The van der Waals surface area contributed by atoms with Gasteiger partial charge >= 0.3 is 0 Å². The number of carbonyl (C=O) groups is 1. The zero-order valence-corrected chi connectivity index (χ0v) is 9.43. The van der Waals surface area contributed by atoms with Crippen molar-refractivity contribution in [3.8, 4) is 11.3 Å². The third-order valence-electron chi connectivity index (χ3n) is 2.43. The predicted molar refractivity (Wildman–Crippen MR) is 61.1 cm³/mol. The molecule has 0 radical (unpaired) electrons. The van der Waals surface area contributed by atoms with Crippen LogP contribution in [0.25, 0.3) is 11.3 Å². The summed E-state index contributed by atoms with van der Waals surface area (Å²) in [5.41, 5.74) is 1.67. The van der Waals surface area contributed by atoms with Crippen LogP contribution in [-0.2, 0) is 6.54 Å². The van der Waals surface area contributed by atoms with Crippen molar-refractivity contribution >= 4 is 6.29 Å². The summed E-state index contributed by atoms with van der Waals surface area (Å²) < 4.78 is 14.5. The molecule has 17 heavy (non-hydrogen) atoms. The van der Waals surface area contributed by atoms with Gasteiger partial charge in [-0.15, -0.1) is 5.10 Å². The first-order valence-corrected chi connectivity index (χ1v) is 5.41. The number of aryl methyl sites for hydroxylation is 1. The van der Waals surface area contributed by atoms with Gasteiger partial charge in [0.05, 0.1) is 5.69 Å². The summed E-state index contributed by atoms with van der Waals surface area (Å²) in [5, 5.41) is 7.72. The lowest BCUT2D eigenvalue weighted by Gasteiger charge is -2.05. The number of rotatable bonds is 4. The number of aromatic nitrogens is 3. The Labute approximate surface area is 98.1 Å². The fraction of sp³-hybridized carbons (Fsp3) is 0.250. The predicted octanol–water partition coefficient (Wildman–Crippen LogP) is 2.31. The maximum absolute atomic E-state index is 12.9. The van der Waals surface area contributed by atoms with Crippen molar-refractivity contribution in [3.63, 3.8) is 0 Å². The van der Waals surface area contributed by atoms with E-state index < -0.39 is 0 Å². The van der Waals surface area contributed by atoms with Gasteiger partial charge in [-0.3, -0.25) is 4.79 Å². The molecule has 4 nitrogen and oxygen atoms in total. The smallest absolute Gasteiger partial charge is 0.172 e. The normalized spacial score (nSPS) is 10.5. The van der Waals surface area contributed by atoms with Crippen molar-refractivity contribution in [1.82, 2.24) is 15.0 Å². The number of hydrogen-bond donors (Lipinski definition) is 0. The van der Waals surface area contributed by atoms with Crippen LogP contribution in [0.1, 0.15) is 23.8 Å². The summed E-state index contributed by atoms with van der Waals surface area (Å²) in [6, 6.07) is 5.95. The van der Waals surface area contributed by atoms with E-state index in [-0.39, 0.29) is 11.5 Å². The van der Waals surface area contributed by atoms with Crippen LogP contribution in [0.3, 0.4) is 0 Å². The monoisotopic (exact) mass is 233 g/mol. The minimum absolute atomic E-state index is 0.282. The Morgan fingerprint density at radius 1 is 1.35 bits per heavy atom. The van der Waals surface area contributed by atoms with Crippen molar-refractivity contribution in [2.75, 3.05) is 0 Å². The second-order valence-electron chi connectivity index (χ2n) is 3.67. The molecule has 0 saturated heterocycles. The van der Waals surface area contributed by atoms with Crippen LogP contribution in [-0.4, -0.2) is 21.3 Å². The minimum atomic E-state index is -0.309. The van der Waals surface area contributed by atoms with Crippen LogP contribution in [0.15, 0.2) is 24.3 Å². The number of halogens is 1. The molecule has 0 N–H and O–H groups in total. The molecule has 0 bridgehead atoms. The van der Waals surface area contributed by atoms with E-state index in [2.05, 4.69) is 10.3 Å². The highest BCUT2D eigenvalue weighted by atomic mass is 19.1. The van der Waals surface area contributed by atoms with E-state index in [1.54, 1.807) is 16.8 Å². The minimum Gasteiger partial charge on any atom is -0.296 e. The molecular formula is C12H12FN3O. The van der Waals surface area contributed by atoms with E-state index in [0.717, 1.165) is 12.0 Å². The largest absolute Gasteiger partial charge is 0.296 e. The Morgan fingerprint density at radius 2 is 2.06 bits per heavy atom. The van der Waals surface area contributed by atoms with E-state index in [1.807, 2.05) is 6.92 Å². The van der Waals surface area contributed by atoms with Gasteiger partial charge in [-0.25, -0.2) is 9.07 Å². The Kier molecular flexibility index (Phi) is 3.27. The van der Waals surface area contributed by atoms with Crippen molar-refractivity contribution in [1.29, 1.82) is 0 Å². The van der Waals surface area contributed by atoms with Gasteiger partial charge < -0.3 is 0 Å². The van der Waals surface area contributed by atoms with Gasteiger partial charge in [-0.05, 0) is 30.7 Å². The number of benzene rings is 1. The highest BCUT2D eigenvalue weighted by molar-refractivity contribution is 5.83. The molecule has 1 aromatic carbocycles. The molecule has 0 fully saturated rings. The summed E-state index contributed by atoms with van der Waals surface area (Å²) in [4.78, 5) is 10.9. The van der Waals surface area contributed by atoms with Crippen molar-refractivity contribution < 1.29 is 9.18 Å². The third-order valence-corrected chi connectivity index (χ3v) is 2.43. The first-order chi connectivity index (χ1) is 8.26. The SMILES string of the molecule is CCCn1nnc(C=O)c1-c1ccc(F)cc1. The van der Waals surface area contributed by atoms with Crippen LogP contribution in [0.5, 0.6) is 0 Å². The Morgan fingerprint density at radius 3 is 2.65 bits per heavy atom. The fourth-order valence-electron chi connectivity index (χ4n) is 1.68. The molecule has 1 heterocycles. The van der Waals surface area contributed by atoms with Gasteiger partial charge in [-0.2, -0.15) is 0 Å². The van der Waals surface area contributed by atoms with Gasteiger partial charge in [0.2, 0.25) is 0 Å².